The van der Waals surface area contributed by atoms with Crippen LogP contribution in [0.15, 0.2) is 73.1 Å². The van der Waals surface area contributed by atoms with E-state index in [0.717, 1.165) is 11.1 Å². The highest BCUT2D eigenvalue weighted by atomic mass is 19.3. The van der Waals surface area contributed by atoms with Crippen LogP contribution < -0.4 is 5.32 Å². The van der Waals surface area contributed by atoms with Gasteiger partial charge in [-0.25, -0.2) is 18.7 Å². The first-order chi connectivity index (χ1) is 23.0. The maximum Gasteiger partial charge on any atom is 0.311 e. The number of aromatic nitrogens is 3. The third-order valence-corrected chi connectivity index (χ3v) is 8.64. The van der Waals surface area contributed by atoms with Crippen LogP contribution in [0.2, 0.25) is 0 Å². The molecule has 1 aliphatic carbocycles. The predicted octanol–water partition coefficient (Wildman–Crippen LogP) is 6.92. The molecule has 1 atom stereocenters. The molecule has 0 bridgehead atoms. The van der Waals surface area contributed by atoms with Gasteiger partial charge in [-0.15, -0.1) is 0 Å². The maximum atomic E-state index is 13.1. The van der Waals surface area contributed by atoms with Crippen LogP contribution in [0.1, 0.15) is 67.8 Å². The van der Waals surface area contributed by atoms with Crippen molar-refractivity contribution >= 4 is 23.6 Å². The second-order valence-electron chi connectivity index (χ2n) is 12.2. The summed E-state index contributed by atoms with van der Waals surface area (Å²) < 4.78 is 36.5. The fourth-order valence-corrected chi connectivity index (χ4v) is 5.91. The number of aliphatic hydroxyl groups is 1. The Morgan fingerprint density at radius 1 is 1.00 bits per heavy atom. The SMILES string of the molecule is Cc1cc(Nc2cc(C(F)F)ccn2)nc(-c2ccc([C@](C)(O)C3CCC(C(=O)OCOC(=O)CCc4cccc(O)c4)CC3)nc2)c1. The van der Waals surface area contributed by atoms with Crippen molar-refractivity contribution in [3.8, 4) is 17.0 Å². The lowest BCUT2D eigenvalue weighted by Crippen LogP contribution is -2.37. The molecule has 1 aliphatic rings. The lowest BCUT2D eigenvalue weighted by Gasteiger charge is -2.37. The second-order valence-corrected chi connectivity index (χ2v) is 12.2. The van der Waals surface area contributed by atoms with Crippen molar-refractivity contribution in [3.05, 3.63) is 95.4 Å². The Bertz CT molecular complexity index is 1730. The molecule has 0 aliphatic heterocycles. The van der Waals surface area contributed by atoms with Gasteiger partial charge in [-0.1, -0.05) is 12.1 Å². The lowest BCUT2D eigenvalue weighted by atomic mass is 9.73. The summed E-state index contributed by atoms with van der Waals surface area (Å²) in [6.45, 7) is 3.16. The number of pyridine rings is 3. The number of rotatable bonds is 12. The minimum atomic E-state index is -2.61. The number of esters is 2. The van der Waals surface area contributed by atoms with Crippen molar-refractivity contribution in [2.75, 3.05) is 12.1 Å². The third-order valence-electron chi connectivity index (χ3n) is 8.64. The number of alkyl halides is 2. The summed E-state index contributed by atoms with van der Waals surface area (Å²) in [6, 6.07) is 16.4. The van der Waals surface area contributed by atoms with Gasteiger partial charge in [0, 0.05) is 29.9 Å². The van der Waals surface area contributed by atoms with Gasteiger partial charge in [0.1, 0.15) is 23.0 Å². The van der Waals surface area contributed by atoms with E-state index in [9.17, 15) is 28.6 Å². The van der Waals surface area contributed by atoms with Crippen LogP contribution in [0.25, 0.3) is 11.3 Å². The number of nitrogens with zero attached hydrogens (tertiary/aromatic N) is 3. The number of hydrogen-bond donors (Lipinski definition) is 3. The zero-order valence-corrected chi connectivity index (χ0v) is 26.7. The van der Waals surface area contributed by atoms with Crippen LogP contribution in [0, 0.1) is 18.8 Å². The quantitative estimate of drug-likeness (QED) is 0.108. The normalized spacial score (nSPS) is 17.4. The molecule has 10 nitrogen and oxygen atoms in total. The van der Waals surface area contributed by atoms with E-state index >= 15 is 0 Å². The highest BCUT2D eigenvalue weighted by Gasteiger charge is 2.39. The van der Waals surface area contributed by atoms with E-state index in [1.807, 2.05) is 19.1 Å². The third kappa shape index (κ3) is 8.88. The van der Waals surface area contributed by atoms with Gasteiger partial charge in [0.15, 0.2) is 0 Å². The molecule has 252 valence electrons. The van der Waals surface area contributed by atoms with Gasteiger partial charge in [0.2, 0.25) is 6.79 Å². The zero-order chi connectivity index (χ0) is 34.3. The fourth-order valence-electron chi connectivity index (χ4n) is 5.91. The molecule has 3 heterocycles. The smallest absolute Gasteiger partial charge is 0.311 e. The molecule has 1 aromatic carbocycles. The Morgan fingerprint density at radius 3 is 2.50 bits per heavy atom. The Balaban J connectivity index is 1.11. The summed E-state index contributed by atoms with van der Waals surface area (Å²) in [4.78, 5) is 38.0. The number of anilines is 2. The van der Waals surface area contributed by atoms with Crippen molar-refractivity contribution in [3.63, 3.8) is 0 Å². The molecule has 3 N–H and O–H groups in total. The Morgan fingerprint density at radius 2 is 1.79 bits per heavy atom. The number of phenols is 1. The molecule has 1 fully saturated rings. The molecule has 5 rings (SSSR count). The molecule has 4 aromatic rings. The predicted molar refractivity (Wildman–Crippen MR) is 173 cm³/mol. The Kier molecular flexibility index (Phi) is 10.9. The van der Waals surface area contributed by atoms with Crippen molar-refractivity contribution in [2.45, 2.75) is 64.4 Å². The summed E-state index contributed by atoms with van der Waals surface area (Å²) >= 11 is 0. The maximum absolute atomic E-state index is 13.1. The standard InChI is InChI=1S/C36H38F2N4O6/c1-22-16-29(41-32(17-22)42-31-19-25(34(37)38)14-15-39-31)26-9-12-30(40-20-26)36(2,46)27-10-7-24(8-11-27)35(45)48-21-47-33(44)13-6-23-4-3-5-28(43)18-23/h3-5,9,12,14-20,24,27,34,43,46H,6-8,10-11,13,21H2,1-2H3,(H,39,41,42)/t24?,27?,36-/m1/s1. The Labute approximate surface area is 277 Å². The fraction of sp³-hybridized carbons (Fsp3) is 0.361. The first-order valence-electron chi connectivity index (χ1n) is 15.8. The minimum Gasteiger partial charge on any atom is -0.508 e. The van der Waals surface area contributed by atoms with Gasteiger partial charge in [0.25, 0.3) is 6.43 Å². The number of aryl methyl sites for hydroxylation is 2. The van der Waals surface area contributed by atoms with Crippen molar-refractivity contribution < 1.29 is 38.1 Å². The summed E-state index contributed by atoms with van der Waals surface area (Å²) in [5.74, 6) is -0.618. The highest BCUT2D eigenvalue weighted by Crippen LogP contribution is 2.41. The van der Waals surface area contributed by atoms with Crippen LogP contribution in [0.4, 0.5) is 20.4 Å². The molecule has 0 spiro atoms. The zero-order valence-electron chi connectivity index (χ0n) is 26.7. The average Bonchev–Trinajstić information content (AvgIpc) is 3.07. The van der Waals surface area contributed by atoms with E-state index in [0.29, 0.717) is 54.9 Å². The Hall–Kier alpha value is -4.97. The second kappa shape index (κ2) is 15.3. The number of hydrogen-bond acceptors (Lipinski definition) is 10. The molecule has 0 radical (unpaired) electrons. The van der Waals surface area contributed by atoms with Crippen molar-refractivity contribution in [2.24, 2.45) is 11.8 Å². The van der Waals surface area contributed by atoms with E-state index in [2.05, 4.69) is 20.3 Å². The number of nitrogens with one attached hydrogen (secondary N) is 1. The summed E-state index contributed by atoms with van der Waals surface area (Å²) in [6.07, 6.45) is 3.02. The number of aromatic hydroxyl groups is 1. The van der Waals surface area contributed by atoms with Gasteiger partial charge in [-0.2, -0.15) is 0 Å². The minimum absolute atomic E-state index is 0.0915. The van der Waals surface area contributed by atoms with Gasteiger partial charge < -0.3 is 25.0 Å². The monoisotopic (exact) mass is 660 g/mol. The van der Waals surface area contributed by atoms with Crippen LogP contribution in [0.5, 0.6) is 5.75 Å². The first-order valence-corrected chi connectivity index (χ1v) is 15.8. The average molecular weight is 661 g/mol. The van der Waals surface area contributed by atoms with Crippen LogP contribution in [-0.2, 0) is 31.1 Å². The van der Waals surface area contributed by atoms with Crippen molar-refractivity contribution in [1.82, 2.24) is 15.0 Å². The first kappa shape index (κ1) is 34.4. The van der Waals surface area contributed by atoms with Crippen LogP contribution in [-0.4, -0.2) is 43.9 Å². The van der Waals surface area contributed by atoms with E-state index < -0.39 is 30.8 Å². The van der Waals surface area contributed by atoms with Crippen molar-refractivity contribution in [1.29, 1.82) is 0 Å². The summed E-state index contributed by atoms with van der Waals surface area (Å²) in [5.41, 5.74) is 2.12. The molecule has 3 aromatic heterocycles. The largest absolute Gasteiger partial charge is 0.508 e. The van der Waals surface area contributed by atoms with E-state index in [1.165, 1.54) is 18.3 Å². The molecule has 0 amide bonds. The number of carbonyl (C=O) groups is 2. The van der Waals surface area contributed by atoms with E-state index in [1.54, 1.807) is 49.5 Å². The molecular formula is C36H38F2N4O6. The number of phenolic OH excluding ortho intramolecular Hbond substituents is 1. The number of ether oxygens (including phenoxy) is 2. The van der Waals surface area contributed by atoms with Gasteiger partial charge in [-0.3, -0.25) is 14.6 Å². The molecular weight excluding hydrogens is 622 g/mol. The molecule has 48 heavy (non-hydrogen) atoms. The molecule has 1 saturated carbocycles. The molecule has 0 unspecified atom stereocenters. The summed E-state index contributed by atoms with van der Waals surface area (Å²) in [7, 11) is 0. The van der Waals surface area contributed by atoms with Gasteiger partial charge >= 0.3 is 11.9 Å². The number of halogens is 2. The topological polar surface area (TPSA) is 144 Å². The van der Waals surface area contributed by atoms with Gasteiger partial charge in [0.05, 0.1) is 17.3 Å². The van der Waals surface area contributed by atoms with E-state index in [-0.39, 0.29) is 35.4 Å². The van der Waals surface area contributed by atoms with Gasteiger partial charge in [-0.05, 0) is 112 Å². The number of benzene rings is 1. The molecule has 0 saturated heterocycles. The number of carbonyl (C=O) groups excluding carboxylic acids is 2. The van der Waals surface area contributed by atoms with E-state index in [4.69, 9.17) is 9.47 Å². The highest BCUT2D eigenvalue weighted by molar-refractivity contribution is 5.73. The lowest BCUT2D eigenvalue weighted by molar-refractivity contribution is -0.171. The summed E-state index contributed by atoms with van der Waals surface area (Å²) in [5, 5.41) is 24.0. The molecule has 12 heteroatoms. The van der Waals surface area contributed by atoms with Crippen LogP contribution in [0.3, 0.4) is 0 Å². The van der Waals surface area contributed by atoms with Crippen LogP contribution >= 0.6 is 0 Å².